The van der Waals surface area contributed by atoms with Crippen molar-refractivity contribution in [3.05, 3.63) is 47.9 Å². The summed E-state index contributed by atoms with van der Waals surface area (Å²) in [6.45, 7) is 0.330. The second kappa shape index (κ2) is 7.90. The van der Waals surface area contributed by atoms with E-state index >= 15 is 0 Å². The van der Waals surface area contributed by atoms with Crippen LogP contribution in [-0.2, 0) is 6.61 Å². The molecule has 0 atom stereocenters. The predicted octanol–water partition coefficient (Wildman–Crippen LogP) is 3.55. The number of pyridine rings is 2. The maximum atomic E-state index is 7.96. The minimum absolute atomic E-state index is 0.330. The van der Waals surface area contributed by atoms with Gasteiger partial charge in [-0.2, -0.15) is 0 Å². The third-order valence-electron chi connectivity index (χ3n) is 5.18. The Balaban J connectivity index is 2.17. The molecule has 0 radical (unpaired) electrons. The third-order valence-corrected chi connectivity index (χ3v) is 5.18. The number of anilines is 3. The van der Waals surface area contributed by atoms with Gasteiger partial charge < -0.3 is 30.4 Å². The van der Waals surface area contributed by atoms with Gasteiger partial charge in [0.15, 0.2) is 0 Å². The molecule has 0 bridgehead atoms. The Kier molecular flexibility index (Phi) is 5.14. The first-order valence-electron chi connectivity index (χ1n) is 9.54. The number of aromatic nitrogens is 2. The molecule has 8 heteroatoms. The Hall–Kier alpha value is -3.81. The van der Waals surface area contributed by atoms with Crippen molar-refractivity contribution in [2.75, 3.05) is 38.5 Å². The lowest BCUT2D eigenvalue weighted by atomic mass is 9.98. The van der Waals surface area contributed by atoms with Crippen LogP contribution in [-0.4, -0.2) is 44.4 Å². The number of fused-ring (bicyclic) bond motifs is 1. The largest absolute Gasteiger partial charge is 0.496 e. The van der Waals surface area contributed by atoms with Crippen LogP contribution in [0, 0.1) is 5.41 Å². The van der Waals surface area contributed by atoms with Gasteiger partial charge in [-0.05, 0) is 6.07 Å². The molecule has 154 valence electrons. The van der Waals surface area contributed by atoms with Gasteiger partial charge in [0.05, 0.1) is 41.1 Å². The zero-order chi connectivity index (χ0) is 21.3. The summed E-state index contributed by atoms with van der Waals surface area (Å²) < 4.78 is 12.1. The number of ether oxygens (including phenoxy) is 2. The molecule has 0 spiro atoms. The smallest absolute Gasteiger partial charge is 0.143 e. The molecular weight excluding hydrogens is 380 g/mol. The maximum Gasteiger partial charge on any atom is 0.143 e. The second-order valence-electron chi connectivity index (χ2n) is 6.81. The van der Waals surface area contributed by atoms with E-state index in [1.165, 1.54) is 6.21 Å². The van der Waals surface area contributed by atoms with Gasteiger partial charge in [-0.15, -0.1) is 0 Å². The monoisotopic (exact) mass is 404 g/mol. The average Bonchev–Trinajstić information content (AvgIpc) is 2.78. The van der Waals surface area contributed by atoms with E-state index in [1.807, 2.05) is 32.3 Å². The molecule has 0 fully saturated rings. The van der Waals surface area contributed by atoms with E-state index in [0.717, 1.165) is 33.7 Å². The number of nitrogens with one attached hydrogen (secondary N) is 3. The van der Waals surface area contributed by atoms with Crippen LogP contribution in [0.25, 0.3) is 16.5 Å². The van der Waals surface area contributed by atoms with E-state index in [9.17, 15) is 0 Å². The predicted molar refractivity (Wildman–Crippen MR) is 120 cm³/mol. The molecule has 3 N–H and O–H groups in total. The number of hydrogen-bond acceptors (Lipinski definition) is 8. The number of rotatable bonds is 5. The Bertz CT molecular complexity index is 1160. The van der Waals surface area contributed by atoms with Gasteiger partial charge in [0.1, 0.15) is 23.9 Å². The van der Waals surface area contributed by atoms with Crippen molar-refractivity contribution >= 4 is 39.9 Å². The van der Waals surface area contributed by atoms with E-state index in [4.69, 9.17) is 14.9 Å². The lowest BCUT2D eigenvalue weighted by molar-refractivity contribution is 0.306. The average molecular weight is 404 g/mol. The van der Waals surface area contributed by atoms with Crippen molar-refractivity contribution in [2.45, 2.75) is 6.61 Å². The summed E-state index contributed by atoms with van der Waals surface area (Å²) in [6, 6.07) is 5.78. The highest BCUT2D eigenvalue weighted by atomic mass is 16.5. The van der Waals surface area contributed by atoms with Crippen molar-refractivity contribution < 1.29 is 9.47 Å². The highest BCUT2D eigenvalue weighted by Gasteiger charge is 2.28. The van der Waals surface area contributed by atoms with E-state index in [-0.39, 0.29) is 0 Å². The Morgan fingerprint density at radius 3 is 2.87 bits per heavy atom. The Morgan fingerprint density at radius 2 is 2.17 bits per heavy atom. The number of methoxy groups -OCH3 is 1. The van der Waals surface area contributed by atoms with E-state index < -0.39 is 0 Å². The summed E-state index contributed by atoms with van der Waals surface area (Å²) in [5.41, 5.74) is 4.78. The minimum Gasteiger partial charge on any atom is -0.496 e. The highest BCUT2D eigenvalue weighted by molar-refractivity contribution is 6.15. The Labute approximate surface area is 175 Å². The fourth-order valence-corrected chi connectivity index (χ4v) is 3.83. The Morgan fingerprint density at radius 1 is 1.33 bits per heavy atom. The molecule has 3 heterocycles. The number of benzene rings is 1. The van der Waals surface area contributed by atoms with Crippen LogP contribution < -0.4 is 25.0 Å². The van der Waals surface area contributed by atoms with Gasteiger partial charge in [-0.25, -0.2) is 4.98 Å². The summed E-state index contributed by atoms with van der Waals surface area (Å²) in [5, 5.41) is 15.0. The number of nitrogens with zero attached hydrogens (tertiary/aromatic N) is 3. The van der Waals surface area contributed by atoms with Crippen LogP contribution in [0.5, 0.6) is 11.5 Å². The van der Waals surface area contributed by atoms with E-state index in [1.54, 1.807) is 32.8 Å². The van der Waals surface area contributed by atoms with Crippen LogP contribution in [0.1, 0.15) is 11.1 Å². The van der Waals surface area contributed by atoms with Gasteiger partial charge in [-0.3, -0.25) is 4.98 Å². The van der Waals surface area contributed by atoms with Crippen LogP contribution >= 0.6 is 0 Å². The summed E-state index contributed by atoms with van der Waals surface area (Å²) >= 11 is 0. The first-order chi connectivity index (χ1) is 14.6. The lowest BCUT2D eigenvalue weighted by Crippen LogP contribution is -2.19. The topological polar surface area (TPSA) is 95.4 Å². The zero-order valence-electron chi connectivity index (χ0n) is 17.4. The third kappa shape index (κ3) is 2.97. The summed E-state index contributed by atoms with van der Waals surface area (Å²) in [5.74, 6) is 2.03. The van der Waals surface area contributed by atoms with Crippen molar-refractivity contribution in [3.63, 3.8) is 0 Å². The molecule has 1 aromatic carbocycles. The number of allylic oxidation sites excluding steroid dienone is 1. The molecule has 1 aliphatic heterocycles. The summed E-state index contributed by atoms with van der Waals surface area (Å²) in [7, 11) is 7.25. The van der Waals surface area contributed by atoms with Crippen molar-refractivity contribution in [1.29, 1.82) is 5.41 Å². The molecule has 1 aliphatic rings. The molecule has 0 aliphatic carbocycles. The molecule has 0 amide bonds. The maximum absolute atomic E-state index is 7.96. The molecule has 0 saturated heterocycles. The van der Waals surface area contributed by atoms with E-state index in [0.29, 0.717) is 29.2 Å². The van der Waals surface area contributed by atoms with Crippen molar-refractivity contribution in [3.8, 4) is 11.5 Å². The molecule has 0 saturated carbocycles. The van der Waals surface area contributed by atoms with Crippen molar-refractivity contribution in [1.82, 2.24) is 15.3 Å². The van der Waals surface area contributed by atoms with E-state index in [2.05, 4.69) is 25.5 Å². The van der Waals surface area contributed by atoms with Gasteiger partial charge >= 0.3 is 0 Å². The molecule has 30 heavy (non-hydrogen) atoms. The molecule has 3 aromatic rings. The normalized spacial score (nSPS) is 13.1. The van der Waals surface area contributed by atoms with Gasteiger partial charge in [0, 0.05) is 57.0 Å². The first-order valence-corrected chi connectivity index (χ1v) is 9.54. The van der Waals surface area contributed by atoms with Gasteiger partial charge in [-0.1, -0.05) is 6.07 Å². The lowest BCUT2D eigenvalue weighted by Gasteiger charge is -2.29. The van der Waals surface area contributed by atoms with Crippen LogP contribution in [0.3, 0.4) is 0 Å². The zero-order valence-corrected chi connectivity index (χ0v) is 17.4. The van der Waals surface area contributed by atoms with Crippen LogP contribution in [0.2, 0.25) is 0 Å². The molecule has 0 unspecified atom stereocenters. The minimum atomic E-state index is 0.330. The summed E-state index contributed by atoms with van der Waals surface area (Å²) in [6.07, 6.45) is 6.61. The molecule has 2 aromatic heterocycles. The fraction of sp³-hybridized carbons (Fsp3) is 0.227. The van der Waals surface area contributed by atoms with Crippen LogP contribution in [0.15, 0.2) is 36.8 Å². The summed E-state index contributed by atoms with van der Waals surface area (Å²) in [4.78, 5) is 11.3. The van der Waals surface area contributed by atoms with Crippen molar-refractivity contribution in [2.24, 2.45) is 0 Å². The first kappa shape index (κ1) is 19.5. The molecule has 8 nitrogen and oxygen atoms in total. The molecule has 4 rings (SSSR count). The molecular formula is C22H24N6O2. The quantitative estimate of drug-likeness (QED) is 0.560. The van der Waals surface area contributed by atoms with Gasteiger partial charge in [0.25, 0.3) is 0 Å². The fourth-order valence-electron chi connectivity index (χ4n) is 3.83. The van der Waals surface area contributed by atoms with Gasteiger partial charge in [0.2, 0.25) is 0 Å². The SMILES string of the molecule is CN/C=C(\C=N)c1c(OC)cc2ncc(NC)c3c2c1OCc1cccnc1N3C. The number of hydrogen-bond donors (Lipinski definition) is 3. The van der Waals surface area contributed by atoms with Crippen LogP contribution in [0.4, 0.5) is 17.2 Å². The highest BCUT2D eigenvalue weighted by Crippen LogP contribution is 2.48. The standard InChI is InChI=1S/C22H24N6O2/c1-24-10-14(9-23)18-17(29-4)8-15-19-20(16(25-2)11-27-15)28(3)22-13(6-5-7-26-22)12-30-21(18)19/h5-11,23-25H,12H2,1-4H3/b14-10+,23-9?. The second-order valence-corrected chi connectivity index (χ2v) is 6.81.